The van der Waals surface area contributed by atoms with Crippen molar-refractivity contribution in [2.24, 2.45) is 0 Å². The molecule has 0 radical (unpaired) electrons. The van der Waals surface area contributed by atoms with Crippen LogP contribution in [-0.4, -0.2) is 11.3 Å². The van der Waals surface area contributed by atoms with Crippen LogP contribution in [0.3, 0.4) is 0 Å². The van der Waals surface area contributed by atoms with Crippen molar-refractivity contribution in [1.29, 1.82) is 0 Å². The smallest absolute Gasteiger partial charge is 0.252 e. The molecule has 0 unspecified atom stereocenters. The summed E-state index contributed by atoms with van der Waals surface area (Å²) in [6.07, 6.45) is 0. The summed E-state index contributed by atoms with van der Waals surface area (Å²) < 4.78 is 35.3. The molecule has 3 nitrogen and oxygen atoms in total. The largest absolute Gasteiger partial charge is 0.309 e. The van der Waals surface area contributed by atoms with E-state index in [0.717, 1.165) is 77.8 Å². The van der Waals surface area contributed by atoms with Gasteiger partial charge in [0.25, 0.3) is 6.71 Å². The van der Waals surface area contributed by atoms with Gasteiger partial charge < -0.3 is 14.4 Å². The monoisotopic (exact) mass is 761 g/mol. The Morgan fingerprint density at radius 1 is 0.448 bits per heavy atom. The van der Waals surface area contributed by atoms with Crippen LogP contribution in [0.2, 0.25) is 0 Å². The minimum Gasteiger partial charge on any atom is -0.309 e. The van der Waals surface area contributed by atoms with Crippen LogP contribution in [0.4, 0.5) is 42.9 Å². The van der Waals surface area contributed by atoms with E-state index >= 15 is 8.78 Å². The first kappa shape index (κ1) is 36.2. The third kappa shape index (κ3) is 5.45. The Kier molecular flexibility index (Phi) is 7.92. The molecule has 7 aromatic carbocycles. The van der Waals surface area contributed by atoms with Gasteiger partial charge in [0.15, 0.2) is 0 Å². The van der Waals surface area contributed by atoms with Gasteiger partial charge in [0.05, 0.1) is 22.4 Å². The molecule has 0 spiro atoms. The Labute approximate surface area is 340 Å². The molecule has 0 bridgehead atoms. The van der Waals surface area contributed by atoms with Gasteiger partial charge in [-0.05, 0) is 130 Å². The van der Waals surface area contributed by atoms with E-state index in [0.29, 0.717) is 11.4 Å². The zero-order valence-corrected chi connectivity index (χ0v) is 34.4. The molecule has 0 aliphatic carbocycles. The molecule has 0 saturated heterocycles. The maximum Gasteiger partial charge on any atom is 0.252 e. The molecule has 0 fully saturated rings. The standard InChI is InChI=1S/C52H46BF2N3/c1-31-16-23-44(40(54)26-31)57-43-25-20-34(52(6,7)8)28-38(43)53-39-29-37-36-12-9-10-13-42(36)56(35-21-18-33(19-22-35)51(3,4)5)48(37)30-49(39)58(45-24-17-32(2)27-41(45)55)47-15-11-14-46(57)50(47)53/h9-30H,1-8H3. The summed E-state index contributed by atoms with van der Waals surface area (Å²) in [5.41, 5.74) is 15.0. The number of halogens is 2. The third-order valence-electron chi connectivity index (χ3n) is 12.3. The lowest BCUT2D eigenvalue weighted by Crippen LogP contribution is -2.61. The summed E-state index contributed by atoms with van der Waals surface area (Å²) in [4.78, 5) is 4.18. The number of aromatic nitrogens is 1. The molecule has 58 heavy (non-hydrogen) atoms. The third-order valence-corrected chi connectivity index (χ3v) is 12.3. The van der Waals surface area contributed by atoms with Crippen LogP contribution < -0.4 is 26.2 Å². The minimum atomic E-state index is -0.298. The Morgan fingerprint density at radius 2 is 1.00 bits per heavy atom. The van der Waals surface area contributed by atoms with Crippen molar-refractivity contribution in [3.05, 3.63) is 167 Å². The summed E-state index contributed by atoms with van der Waals surface area (Å²) >= 11 is 0. The Balaban J connectivity index is 1.33. The number of aryl methyl sites for hydroxylation is 2. The summed E-state index contributed by atoms with van der Waals surface area (Å²) in [7, 11) is 0. The van der Waals surface area contributed by atoms with Crippen molar-refractivity contribution >= 4 is 79.0 Å². The summed E-state index contributed by atoms with van der Waals surface area (Å²) in [5.74, 6) is -0.585. The van der Waals surface area contributed by atoms with Crippen molar-refractivity contribution < 1.29 is 8.78 Å². The van der Waals surface area contributed by atoms with Gasteiger partial charge in [0.2, 0.25) is 0 Å². The molecule has 0 amide bonds. The molecule has 10 rings (SSSR count). The molecule has 0 N–H and O–H groups in total. The predicted molar refractivity (Wildman–Crippen MR) is 242 cm³/mol. The average molecular weight is 762 g/mol. The minimum absolute atomic E-state index is 0.0211. The van der Waals surface area contributed by atoms with Crippen LogP contribution >= 0.6 is 0 Å². The Morgan fingerprint density at radius 3 is 1.60 bits per heavy atom. The van der Waals surface area contributed by atoms with Gasteiger partial charge in [-0.25, -0.2) is 8.78 Å². The first-order valence-corrected chi connectivity index (χ1v) is 20.3. The second-order valence-electron chi connectivity index (χ2n) is 18.3. The van der Waals surface area contributed by atoms with Gasteiger partial charge in [-0.15, -0.1) is 0 Å². The molecule has 6 heteroatoms. The Bertz CT molecular complexity index is 2980. The molecular weight excluding hydrogens is 715 g/mol. The zero-order chi connectivity index (χ0) is 40.4. The number of para-hydroxylation sites is 1. The zero-order valence-electron chi connectivity index (χ0n) is 34.4. The van der Waals surface area contributed by atoms with Gasteiger partial charge in [-0.3, -0.25) is 0 Å². The normalized spacial score (nSPS) is 13.6. The number of nitrogens with zero attached hydrogens (tertiary/aromatic N) is 3. The van der Waals surface area contributed by atoms with Crippen LogP contribution in [0.25, 0.3) is 27.5 Å². The maximum absolute atomic E-state index is 16.6. The van der Waals surface area contributed by atoms with Crippen molar-refractivity contribution in [1.82, 2.24) is 4.57 Å². The first-order valence-electron chi connectivity index (χ1n) is 20.3. The molecule has 0 saturated carbocycles. The van der Waals surface area contributed by atoms with E-state index in [1.165, 1.54) is 11.1 Å². The van der Waals surface area contributed by atoms with Crippen molar-refractivity contribution in [2.45, 2.75) is 66.2 Å². The molecule has 2 aliphatic rings. The van der Waals surface area contributed by atoms with Crippen molar-refractivity contribution in [2.75, 3.05) is 9.80 Å². The number of rotatable bonds is 3. The lowest BCUT2D eigenvalue weighted by atomic mass is 9.33. The highest BCUT2D eigenvalue weighted by Gasteiger charge is 2.44. The van der Waals surface area contributed by atoms with Crippen LogP contribution in [0.1, 0.15) is 63.8 Å². The van der Waals surface area contributed by atoms with E-state index in [2.05, 4.69) is 147 Å². The predicted octanol–water partition coefficient (Wildman–Crippen LogP) is 12.4. The quantitative estimate of drug-likeness (QED) is 0.166. The fourth-order valence-electron chi connectivity index (χ4n) is 9.36. The van der Waals surface area contributed by atoms with E-state index in [4.69, 9.17) is 0 Å². The van der Waals surface area contributed by atoms with E-state index in [1.54, 1.807) is 12.1 Å². The lowest BCUT2D eigenvalue weighted by Gasteiger charge is -2.44. The first-order chi connectivity index (χ1) is 27.7. The molecule has 2 aliphatic heterocycles. The summed E-state index contributed by atoms with van der Waals surface area (Å²) in [6, 6.07) is 46.0. The second kappa shape index (κ2) is 12.7. The number of hydrogen-bond acceptors (Lipinski definition) is 2. The molecule has 8 aromatic rings. The topological polar surface area (TPSA) is 11.4 Å². The summed E-state index contributed by atoms with van der Waals surface area (Å²) in [5, 5.41) is 2.27. The lowest BCUT2D eigenvalue weighted by molar-refractivity contribution is 0.590. The highest BCUT2D eigenvalue weighted by Crippen LogP contribution is 2.47. The highest BCUT2D eigenvalue weighted by atomic mass is 19.1. The van der Waals surface area contributed by atoms with E-state index in [1.807, 2.05) is 44.2 Å². The van der Waals surface area contributed by atoms with Crippen LogP contribution in [-0.2, 0) is 10.8 Å². The molecule has 286 valence electrons. The van der Waals surface area contributed by atoms with Gasteiger partial charge in [-0.1, -0.05) is 108 Å². The van der Waals surface area contributed by atoms with E-state index in [9.17, 15) is 0 Å². The number of anilines is 6. The molecule has 3 heterocycles. The van der Waals surface area contributed by atoms with Crippen molar-refractivity contribution in [3.63, 3.8) is 0 Å². The van der Waals surface area contributed by atoms with E-state index < -0.39 is 0 Å². The number of benzene rings is 7. The van der Waals surface area contributed by atoms with Crippen LogP contribution in [0, 0.1) is 25.5 Å². The van der Waals surface area contributed by atoms with Crippen LogP contribution in [0.15, 0.2) is 133 Å². The van der Waals surface area contributed by atoms with Crippen molar-refractivity contribution in [3.8, 4) is 5.69 Å². The average Bonchev–Trinajstić information content (AvgIpc) is 3.50. The van der Waals surface area contributed by atoms with Gasteiger partial charge in [-0.2, -0.15) is 0 Å². The number of hydrogen-bond donors (Lipinski definition) is 0. The van der Waals surface area contributed by atoms with Gasteiger partial charge >= 0.3 is 0 Å². The van der Waals surface area contributed by atoms with Gasteiger partial charge in [0.1, 0.15) is 11.6 Å². The highest BCUT2D eigenvalue weighted by molar-refractivity contribution is 7.00. The second-order valence-corrected chi connectivity index (χ2v) is 18.3. The fourth-order valence-corrected chi connectivity index (χ4v) is 9.36. The molecule has 0 atom stereocenters. The SMILES string of the molecule is Cc1ccc(N2c3ccc(C(C)(C)C)cc3B3c4cc5c6ccccc6n(-c6ccc(C(C)(C)C)cc6)c5cc4N(c4ccc(C)cc4F)c4cccc2c43)c(F)c1. The summed E-state index contributed by atoms with van der Waals surface area (Å²) in [6.45, 7) is 17.0. The number of fused-ring (bicyclic) bond motifs is 7. The maximum atomic E-state index is 16.6. The molecular formula is C52H46BF2N3. The van der Waals surface area contributed by atoms with Gasteiger partial charge in [0, 0.05) is 39.2 Å². The van der Waals surface area contributed by atoms with Crippen LogP contribution in [0.5, 0.6) is 0 Å². The van der Waals surface area contributed by atoms with E-state index in [-0.39, 0.29) is 29.2 Å². The Hall–Kier alpha value is -6.14. The molecule has 1 aromatic heterocycles. The fraction of sp³-hybridized carbons (Fsp3) is 0.192.